The van der Waals surface area contributed by atoms with Crippen molar-refractivity contribution in [3.63, 3.8) is 0 Å². The summed E-state index contributed by atoms with van der Waals surface area (Å²) in [5.41, 5.74) is 1.75. The van der Waals surface area contributed by atoms with Crippen LogP contribution in [0, 0.1) is 11.3 Å². The maximum Gasteiger partial charge on any atom is 0.132 e. The molecular weight excluding hydrogens is 248 g/mol. The first-order valence-corrected chi connectivity index (χ1v) is 6.75. The van der Waals surface area contributed by atoms with Crippen molar-refractivity contribution in [1.29, 1.82) is 5.26 Å². The Morgan fingerprint density at radius 3 is 2.50 bits per heavy atom. The molecule has 0 fully saturated rings. The number of rotatable bonds is 5. The summed E-state index contributed by atoms with van der Waals surface area (Å²) >= 11 is 0. The van der Waals surface area contributed by atoms with Crippen molar-refractivity contribution in [3.05, 3.63) is 59.7 Å². The lowest BCUT2D eigenvalue weighted by molar-refractivity contribution is 0.463. The molecule has 2 aromatic rings. The van der Waals surface area contributed by atoms with Crippen molar-refractivity contribution in [2.75, 3.05) is 6.54 Å². The Balaban J connectivity index is 2.22. The highest BCUT2D eigenvalue weighted by atomic mass is 16.5. The van der Waals surface area contributed by atoms with E-state index in [1.165, 1.54) is 0 Å². The molecule has 1 unspecified atom stereocenters. The Kier molecular flexibility index (Phi) is 4.75. The molecule has 0 aliphatic carbocycles. The van der Waals surface area contributed by atoms with Gasteiger partial charge < -0.3 is 10.1 Å². The van der Waals surface area contributed by atoms with Gasteiger partial charge in [0.15, 0.2) is 0 Å². The predicted octanol–water partition coefficient (Wildman–Crippen LogP) is 4.02. The molecule has 102 valence electrons. The summed E-state index contributed by atoms with van der Waals surface area (Å²) in [6.45, 7) is 5.11. The smallest absolute Gasteiger partial charge is 0.132 e. The van der Waals surface area contributed by atoms with Crippen molar-refractivity contribution >= 4 is 0 Å². The molecule has 0 bridgehead atoms. The summed E-state index contributed by atoms with van der Waals surface area (Å²) in [6.07, 6.45) is 0. The van der Waals surface area contributed by atoms with Gasteiger partial charge in [0.05, 0.1) is 11.6 Å². The Morgan fingerprint density at radius 2 is 1.85 bits per heavy atom. The normalized spacial score (nSPS) is 11.7. The minimum Gasteiger partial charge on any atom is -0.457 e. The zero-order chi connectivity index (χ0) is 14.4. The topological polar surface area (TPSA) is 45.0 Å². The number of para-hydroxylation sites is 1. The highest BCUT2D eigenvalue weighted by Crippen LogP contribution is 2.29. The van der Waals surface area contributed by atoms with Crippen LogP contribution in [0.15, 0.2) is 48.5 Å². The molecular formula is C17H18N2O. The fraction of sp³-hybridized carbons (Fsp3) is 0.235. The molecule has 1 atom stereocenters. The number of benzene rings is 2. The fourth-order valence-corrected chi connectivity index (χ4v) is 2.07. The first-order valence-electron chi connectivity index (χ1n) is 6.75. The quantitative estimate of drug-likeness (QED) is 0.889. The first kappa shape index (κ1) is 14.1. The Bertz CT molecular complexity index is 599. The molecule has 0 saturated carbocycles. The van der Waals surface area contributed by atoms with E-state index in [1.54, 1.807) is 12.1 Å². The van der Waals surface area contributed by atoms with E-state index in [9.17, 15) is 0 Å². The van der Waals surface area contributed by atoms with Gasteiger partial charge in [0.25, 0.3) is 0 Å². The standard InChI is InChI=1S/C17H18N2O/c1-3-19-13(2)16-6-4-5-7-17(16)20-15-10-8-14(12-18)9-11-15/h4-11,13,19H,3H2,1-2H3. The van der Waals surface area contributed by atoms with Crippen LogP contribution in [0.4, 0.5) is 0 Å². The number of ether oxygens (including phenoxy) is 1. The van der Waals surface area contributed by atoms with E-state index in [4.69, 9.17) is 10.00 Å². The van der Waals surface area contributed by atoms with Crippen molar-refractivity contribution < 1.29 is 4.74 Å². The first-order chi connectivity index (χ1) is 9.74. The van der Waals surface area contributed by atoms with Gasteiger partial charge in [-0.3, -0.25) is 0 Å². The highest BCUT2D eigenvalue weighted by Gasteiger charge is 2.10. The summed E-state index contributed by atoms with van der Waals surface area (Å²) < 4.78 is 5.93. The lowest BCUT2D eigenvalue weighted by Gasteiger charge is -2.17. The molecule has 1 N–H and O–H groups in total. The Morgan fingerprint density at radius 1 is 1.15 bits per heavy atom. The van der Waals surface area contributed by atoms with Crippen molar-refractivity contribution in [2.24, 2.45) is 0 Å². The average Bonchev–Trinajstić information content (AvgIpc) is 2.49. The van der Waals surface area contributed by atoms with Gasteiger partial charge in [-0.25, -0.2) is 0 Å². The van der Waals surface area contributed by atoms with Crippen molar-refractivity contribution in [1.82, 2.24) is 5.32 Å². The second-order valence-electron chi connectivity index (χ2n) is 4.56. The Hall–Kier alpha value is -2.31. The van der Waals surface area contributed by atoms with E-state index in [1.807, 2.05) is 30.3 Å². The minimum absolute atomic E-state index is 0.231. The van der Waals surface area contributed by atoms with E-state index < -0.39 is 0 Å². The SMILES string of the molecule is CCNC(C)c1ccccc1Oc1ccc(C#N)cc1. The molecule has 2 aromatic carbocycles. The van der Waals surface area contributed by atoms with Crippen LogP contribution in [0.25, 0.3) is 0 Å². The highest BCUT2D eigenvalue weighted by molar-refractivity contribution is 5.41. The number of nitrogens with zero attached hydrogens (tertiary/aromatic N) is 1. The Labute approximate surface area is 119 Å². The second-order valence-corrected chi connectivity index (χ2v) is 4.56. The van der Waals surface area contributed by atoms with Crippen LogP contribution < -0.4 is 10.1 Å². The van der Waals surface area contributed by atoms with Gasteiger partial charge in [0.1, 0.15) is 11.5 Å². The van der Waals surface area contributed by atoms with Crippen LogP contribution in [0.2, 0.25) is 0 Å². The number of hydrogen-bond acceptors (Lipinski definition) is 3. The molecule has 0 aliphatic rings. The molecule has 0 saturated heterocycles. The third-order valence-electron chi connectivity index (χ3n) is 3.11. The van der Waals surface area contributed by atoms with Gasteiger partial charge in [-0.2, -0.15) is 5.26 Å². The summed E-state index contributed by atoms with van der Waals surface area (Å²) in [4.78, 5) is 0. The molecule has 0 aromatic heterocycles. The van der Waals surface area contributed by atoms with Crippen LogP contribution in [-0.2, 0) is 0 Å². The molecule has 0 spiro atoms. The third-order valence-corrected chi connectivity index (χ3v) is 3.11. The summed E-state index contributed by atoms with van der Waals surface area (Å²) in [6, 6.07) is 17.5. The van der Waals surface area contributed by atoms with Gasteiger partial charge in [0, 0.05) is 11.6 Å². The lowest BCUT2D eigenvalue weighted by atomic mass is 10.1. The van der Waals surface area contributed by atoms with E-state index in [2.05, 4.69) is 31.3 Å². The molecule has 0 heterocycles. The predicted molar refractivity (Wildman–Crippen MR) is 79.8 cm³/mol. The van der Waals surface area contributed by atoms with E-state index in [0.717, 1.165) is 23.6 Å². The summed E-state index contributed by atoms with van der Waals surface area (Å²) in [7, 11) is 0. The van der Waals surface area contributed by atoms with Crippen molar-refractivity contribution in [3.8, 4) is 17.6 Å². The van der Waals surface area contributed by atoms with Crippen LogP contribution in [0.5, 0.6) is 11.5 Å². The number of nitrogens with one attached hydrogen (secondary N) is 1. The van der Waals surface area contributed by atoms with Gasteiger partial charge in [0.2, 0.25) is 0 Å². The minimum atomic E-state index is 0.231. The van der Waals surface area contributed by atoms with Crippen molar-refractivity contribution in [2.45, 2.75) is 19.9 Å². The van der Waals surface area contributed by atoms with Crippen LogP contribution in [0.1, 0.15) is 31.0 Å². The molecule has 3 nitrogen and oxygen atoms in total. The largest absolute Gasteiger partial charge is 0.457 e. The van der Waals surface area contributed by atoms with Gasteiger partial charge in [-0.05, 0) is 43.8 Å². The van der Waals surface area contributed by atoms with Crippen LogP contribution in [0.3, 0.4) is 0 Å². The van der Waals surface area contributed by atoms with E-state index in [-0.39, 0.29) is 6.04 Å². The maximum atomic E-state index is 8.80. The number of nitriles is 1. The summed E-state index contributed by atoms with van der Waals surface area (Å²) in [5, 5.41) is 12.2. The summed E-state index contributed by atoms with van der Waals surface area (Å²) in [5.74, 6) is 1.57. The lowest BCUT2D eigenvalue weighted by Crippen LogP contribution is -2.18. The van der Waals surface area contributed by atoms with Crippen LogP contribution in [-0.4, -0.2) is 6.54 Å². The molecule has 0 aliphatic heterocycles. The average molecular weight is 266 g/mol. The molecule has 2 rings (SSSR count). The molecule has 20 heavy (non-hydrogen) atoms. The molecule has 0 radical (unpaired) electrons. The van der Waals surface area contributed by atoms with Crippen LogP contribution >= 0.6 is 0 Å². The fourth-order valence-electron chi connectivity index (χ4n) is 2.07. The number of hydrogen-bond donors (Lipinski definition) is 1. The third kappa shape index (κ3) is 3.37. The van der Waals surface area contributed by atoms with Gasteiger partial charge in [-0.15, -0.1) is 0 Å². The van der Waals surface area contributed by atoms with Gasteiger partial charge in [-0.1, -0.05) is 25.1 Å². The zero-order valence-electron chi connectivity index (χ0n) is 11.8. The molecule has 0 amide bonds. The maximum absolute atomic E-state index is 8.80. The van der Waals surface area contributed by atoms with Gasteiger partial charge >= 0.3 is 0 Å². The van der Waals surface area contributed by atoms with E-state index in [0.29, 0.717) is 5.56 Å². The van der Waals surface area contributed by atoms with E-state index >= 15 is 0 Å². The second kappa shape index (κ2) is 6.74. The monoisotopic (exact) mass is 266 g/mol. The molecule has 3 heteroatoms. The zero-order valence-corrected chi connectivity index (χ0v) is 11.8.